The number of carbonyl (C=O) groups is 1. The second-order valence-corrected chi connectivity index (χ2v) is 7.95. The summed E-state index contributed by atoms with van der Waals surface area (Å²) < 4.78 is 18.7. The zero-order valence-electron chi connectivity index (χ0n) is 16.5. The summed E-state index contributed by atoms with van der Waals surface area (Å²) in [6.07, 6.45) is 3.60. The van der Waals surface area contributed by atoms with Crippen LogP contribution in [0.25, 0.3) is 10.9 Å². The highest BCUT2D eigenvalue weighted by Crippen LogP contribution is 2.52. The maximum absolute atomic E-state index is 13.5. The number of H-pyrrole nitrogens is 1. The van der Waals surface area contributed by atoms with Gasteiger partial charge in [-0.05, 0) is 60.9 Å². The van der Waals surface area contributed by atoms with E-state index >= 15 is 0 Å². The van der Waals surface area contributed by atoms with Crippen LogP contribution in [0.5, 0.6) is 5.75 Å². The van der Waals surface area contributed by atoms with Crippen LogP contribution >= 0.6 is 0 Å². The number of anilines is 1. The average molecular weight is 393 g/mol. The van der Waals surface area contributed by atoms with Crippen molar-refractivity contribution in [2.45, 2.75) is 18.3 Å². The average Bonchev–Trinajstić information content (AvgIpc) is 3.46. The van der Waals surface area contributed by atoms with Gasteiger partial charge < -0.3 is 19.5 Å². The largest absolute Gasteiger partial charge is 0.497 e. The van der Waals surface area contributed by atoms with Gasteiger partial charge in [0.15, 0.2) is 0 Å². The molecule has 0 atom stereocenters. The second kappa shape index (κ2) is 6.79. The van der Waals surface area contributed by atoms with Gasteiger partial charge in [0.2, 0.25) is 5.91 Å². The van der Waals surface area contributed by atoms with E-state index < -0.39 is 5.41 Å². The van der Waals surface area contributed by atoms with Crippen molar-refractivity contribution in [3.63, 3.8) is 0 Å². The van der Waals surface area contributed by atoms with Crippen LogP contribution in [0.3, 0.4) is 0 Å². The minimum Gasteiger partial charge on any atom is -0.497 e. The van der Waals surface area contributed by atoms with Gasteiger partial charge in [0.1, 0.15) is 11.6 Å². The fraction of sp³-hybridized carbons (Fsp3) is 0.348. The Labute approximate surface area is 169 Å². The zero-order valence-corrected chi connectivity index (χ0v) is 16.5. The fourth-order valence-electron chi connectivity index (χ4n) is 4.48. The van der Waals surface area contributed by atoms with Crippen molar-refractivity contribution in [3.05, 3.63) is 60.0 Å². The number of piperazine rings is 1. The third-order valence-electron chi connectivity index (χ3n) is 6.32. The molecule has 2 heterocycles. The maximum atomic E-state index is 13.5. The van der Waals surface area contributed by atoms with E-state index in [1.54, 1.807) is 13.2 Å². The van der Waals surface area contributed by atoms with Gasteiger partial charge in [-0.25, -0.2) is 4.39 Å². The quantitative estimate of drug-likeness (QED) is 0.735. The molecule has 2 aliphatic rings. The normalized spacial score (nSPS) is 18.1. The number of aromatic amines is 1. The first-order chi connectivity index (χ1) is 14.1. The molecule has 0 unspecified atom stereocenters. The number of methoxy groups -OCH3 is 1. The third kappa shape index (κ3) is 3.03. The molecule has 0 radical (unpaired) electrons. The number of aromatic nitrogens is 1. The minimum absolute atomic E-state index is 0.206. The van der Waals surface area contributed by atoms with Crippen molar-refractivity contribution in [3.8, 4) is 5.75 Å². The number of halogens is 1. The van der Waals surface area contributed by atoms with Crippen LogP contribution in [0.2, 0.25) is 0 Å². The lowest BCUT2D eigenvalue weighted by molar-refractivity contribution is -0.134. The molecule has 1 N–H and O–H groups in total. The maximum Gasteiger partial charge on any atom is 0.233 e. The molecule has 1 amide bonds. The Hall–Kier alpha value is -3.02. The molecule has 1 saturated carbocycles. The minimum atomic E-state index is -0.446. The summed E-state index contributed by atoms with van der Waals surface area (Å²) in [7, 11) is 1.66. The number of hydrogen-bond donors (Lipinski definition) is 1. The van der Waals surface area contributed by atoms with Crippen molar-refractivity contribution in [1.82, 2.24) is 9.88 Å². The van der Waals surface area contributed by atoms with Crippen LogP contribution in [-0.2, 0) is 10.2 Å². The van der Waals surface area contributed by atoms with E-state index in [2.05, 4.69) is 22.0 Å². The smallest absolute Gasteiger partial charge is 0.233 e. The van der Waals surface area contributed by atoms with Gasteiger partial charge in [-0.2, -0.15) is 0 Å². The molecule has 0 bridgehead atoms. The number of amides is 1. The van der Waals surface area contributed by atoms with Crippen LogP contribution in [0.4, 0.5) is 10.1 Å². The Balaban J connectivity index is 1.31. The third-order valence-corrected chi connectivity index (χ3v) is 6.32. The molecule has 1 aliphatic carbocycles. The second-order valence-electron chi connectivity index (χ2n) is 7.95. The van der Waals surface area contributed by atoms with E-state index in [0.29, 0.717) is 13.1 Å². The lowest BCUT2D eigenvalue weighted by Crippen LogP contribution is -2.51. The molecule has 1 aliphatic heterocycles. The van der Waals surface area contributed by atoms with Crippen molar-refractivity contribution in [1.29, 1.82) is 0 Å². The molecule has 5 rings (SSSR count). The number of fused-ring (bicyclic) bond motifs is 1. The first kappa shape index (κ1) is 18.0. The van der Waals surface area contributed by atoms with Crippen LogP contribution in [0.1, 0.15) is 18.4 Å². The van der Waals surface area contributed by atoms with Crippen LogP contribution in [0, 0.1) is 5.82 Å². The Kier molecular flexibility index (Phi) is 4.23. The predicted octanol–water partition coefficient (Wildman–Crippen LogP) is 3.70. The Morgan fingerprint density at radius 2 is 1.79 bits per heavy atom. The highest BCUT2D eigenvalue weighted by Gasteiger charge is 2.54. The van der Waals surface area contributed by atoms with E-state index in [9.17, 15) is 9.18 Å². The number of benzene rings is 2. The van der Waals surface area contributed by atoms with Gasteiger partial charge in [-0.15, -0.1) is 0 Å². The summed E-state index contributed by atoms with van der Waals surface area (Å²) in [4.78, 5) is 20.9. The Morgan fingerprint density at radius 1 is 1.07 bits per heavy atom. The number of nitrogens with one attached hydrogen (secondary N) is 1. The number of nitrogens with zero attached hydrogens (tertiary/aromatic N) is 2. The van der Waals surface area contributed by atoms with E-state index in [-0.39, 0.29) is 11.7 Å². The number of carbonyl (C=O) groups excluding carboxylic acids is 1. The van der Waals surface area contributed by atoms with Crippen molar-refractivity contribution in [2.24, 2.45) is 0 Å². The van der Waals surface area contributed by atoms with Gasteiger partial charge in [-0.3, -0.25) is 4.79 Å². The molecule has 5 nitrogen and oxygen atoms in total. The van der Waals surface area contributed by atoms with Gasteiger partial charge in [0.05, 0.1) is 12.5 Å². The fourth-order valence-corrected chi connectivity index (χ4v) is 4.48. The van der Waals surface area contributed by atoms with Crippen molar-refractivity contribution < 1.29 is 13.9 Å². The first-order valence-electron chi connectivity index (χ1n) is 10.1. The summed E-state index contributed by atoms with van der Waals surface area (Å²) in [6, 6.07) is 12.8. The molecule has 6 heteroatoms. The van der Waals surface area contributed by atoms with Gasteiger partial charge in [0, 0.05) is 49.0 Å². The van der Waals surface area contributed by atoms with Crippen LogP contribution < -0.4 is 9.64 Å². The van der Waals surface area contributed by atoms with Crippen molar-refractivity contribution >= 4 is 22.5 Å². The monoisotopic (exact) mass is 393 g/mol. The van der Waals surface area contributed by atoms with Gasteiger partial charge >= 0.3 is 0 Å². The van der Waals surface area contributed by atoms with Gasteiger partial charge in [0.25, 0.3) is 0 Å². The number of ether oxygens (including phenoxy) is 1. The van der Waals surface area contributed by atoms with Crippen LogP contribution in [-0.4, -0.2) is 49.1 Å². The topological polar surface area (TPSA) is 48.6 Å². The molecule has 150 valence electrons. The highest BCUT2D eigenvalue weighted by molar-refractivity contribution is 5.97. The molecule has 0 spiro atoms. The lowest BCUT2D eigenvalue weighted by atomic mass is 9.93. The summed E-state index contributed by atoms with van der Waals surface area (Å²) in [5, 5.41) is 0.953. The van der Waals surface area contributed by atoms with E-state index in [1.165, 1.54) is 12.1 Å². The molecular weight excluding hydrogens is 369 g/mol. The molecule has 1 aromatic heterocycles. The standard InChI is InChI=1S/C23H24FN3O2/c1-29-18-5-3-17(4-6-18)26-10-12-27(13-11-26)22(28)23(8-9-23)20-15-25-21-14-16(24)2-7-19(20)21/h2-7,14-15,25H,8-13H2,1H3. The van der Waals surface area contributed by atoms with Crippen molar-refractivity contribution in [2.75, 3.05) is 38.2 Å². The molecule has 2 aromatic carbocycles. The summed E-state index contributed by atoms with van der Waals surface area (Å²) in [5.41, 5.74) is 2.47. The lowest BCUT2D eigenvalue weighted by Gasteiger charge is -2.37. The Bertz CT molecular complexity index is 1050. The number of rotatable bonds is 4. The zero-order chi connectivity index (χ0) is 20.0. The SMILES string of the molecule is COc1ccc(N2CCN(C(=O)C3(c4c[nH]c5cc(F)ccc45)CC3)CC2)cc1. The van der Waals surface area contributed by atoms with E-state index in [0.717, 1.165) is 53.8 Å². The highest BCUT2D eigenvalue weighted by atomic mass is 19.1. The molecule has 3 aromatic rings. The molecule has 2 fully saturated rings. The molecule has 1 saturated heterocycles. The molecular formula is C23H24FN3O2. The van der Waals surface area contributed by atoms with E-state index in [4.69, 9.17) is 4.74 Å². The van der Waals surface area contributed by atoms with Gasteiger partial charge in [-0.1, -0.05) is 0 Å². The van der Waals surface area contributed by atoms with Crippen LogP contribution in [0.15, 0.2) is 48.7 Å². The Morgan fingerprint density at radius 3 is 2.45 bits per heavy atom. The summed E-state index contributed by atoms with van der Waals surface area (Å²) >= 11 is 0. The first-order valence-corrected chi connectivity index (χ1v) is 10.1. The summed E-state index contributed by atoms with van der Waals surface area (Å²) in [5.74, 6) is 0.783. The molecule has 29 heavy (non-hydrogen) atoms. The summed E-state index contributed by atoms with van der Waals surface area (Å²) in [6.45, 7) is 3.05. The number of hydrogen-bond acceptors (Lipinski definition) is 3. The predicted molar refractivity (Wildman–Crippen MR) is 111 cm³/mol. The van der Waals surface area contributed by atoms with E-state index in [1.807, 2.05) is 23.2 Å².